The lowest BCUT2D eigenvalue weighted by atomic mass is 10.1. The Labute approximate surface area is 213 Å². The summed E-state index contributed by atoms with van der Waals surface area (Å²) in [6.45, 7) is 0.0412. The summed E-state index contributed by atoms with van der Waals surface area (Å²) >= 11 is 0. The number of carbonyl (C=O) groups excluding carboxylic acids is 6. The Balaban J connectivity index is 2.82. The van der Waals surface area contributed by atoms with E-state index in [9.17, 15) is 38.7 Å². The van der Waals surface area contributed by atoms with Gasteiger partial charge in [0.25, 0.3) is 0 Å². The molecule has 0 aliphatic carbocycles. The van der Waals surface area contributed by atoms with E-state index >= 15 is 0 Å². The van der Waals surface area contributed by atoms with E-state index in [1.165, 1.54) is 4.90 Å². The summed E-state index contributed by atoms with van der Waals surface area (Å²) in [5.41, 5.74) is 21.1. The molecule has 1 aliphatic heterocycles. The number of carbonyl (C=O) groups is 7. The van der Waals surface area contributed by atoms with Crippen LogP contribution in [-0.2, 0) is 33.6 Å². The number of nitrogens with two attached hydrogens (primary N) is 4. The number of carboxylic acids is 1. The zero-order chi connectivity index (χ0) is 28.1. The lowest BCUT2D eigenvalue weighted by molar-refractivity contribution is -0.143. The Morgan fingerprint density at radius 3 is 2.14 bits per heavy atom. The molecular weight excluding hydrogens is 492 g/mol. The highest BCUT2D eigenvalue weighted by molar-refractivity contribution is 5.96. The fourth-order valence-corrected chi connectivity index (χ4v) is 3.74. The number of hydrogen-bond donors (Lipinski definition) is 8. The summed E-state index contributed by atoms with van der Waals surface area (Å²) in [4.78, 5) is 85.3. The molecule has 0 radical (unpaired) electrons. The molecule has 0 aromatic carbocycles. The number of primary amides is 2. The Morgan fingerprint density at radius 1 is 0.919 bits per heavy atom. The van der Waals surface area contributed by atoms with Gasteiger partial charge in [-0.15, -0.1) is 0 Å². The predicted octanol–water partition coefficient (Wildman–Crippen LogP) is -4.65. The van der Waals surface area contributed by atoms with Crippen LogP contribution in [0.2, 0.25) is 0 Å². The highest BCUT2D eigenvalue weighted by Crippen LogP contribution is 2.18. The maximum Gasteiger partial charge on any atom is 0.326 e. The molecule has 1 fully saturated rings. The Morgan fingerprint density at radius 2 is 1.57 bits per heavy atom. The first kappa shape index (κ1) is 31.2. The van der Waals surface area contributed by atoms with Gasteiger partial charge in [0.1, 0.15) is 18.1 Å². The lowest BCUT2D eigenvalue weighted by Gasteiger charge is -2.27. The van der Waals surface area contributed by atoms with E-state index < -0.39 is 85.0 Å². The van der Waals surface area contributed by atoms with Gasteiger partial charge in [-0.1, -0.05) is 0 Å². The Bertz CT molecular complexity index is 883. The SMILES string of the molecule is NCCCC[C@H](NC(=O)[C@H](CC(N)=O)NC(=O)[C@@H]1CCCN1C(=O)CNC(=O)[C@@H](N)CC(N)=O)C(=O)O. The number of nitrogens with one attached hydrogen (secondary N) is 3. The van der Waals surface area contributed by atoms with E-state index in [4.69, 9.17) is 22.9 Å². The summed E-state index contributed by atoms with van der Waals surface area (Å²) in [5, 5.41) is 16.3. The predicted molar refractivity (Wildman–Crippen MR) is 128 cm³/mol. The molecule has 16 nitrogen and oxygen atoms in total. The van der Waals surface area contributed by atoms with Crippen molar-refractivity contribution in [2.75, 3.05) is 19.6 Å². The van der Waals surface area contributed by atoms with Crippen molar-refractivity contribution in [2.45, 2.75) is 69.1 Å². The van der Waals surface area contributed by atoms with Gasteiger partial charge in [0.05, 0.1) is 25.4 Å². The van der Waals surface area contributed by atoms with Crippen LogP contribution in [0, 0.1) is 0 Å². The molecule has 12 N–H and O–H groups in total. The average molecular weight is 529 g/mol. The number of hydrogen-bond acceptors (Lipinski definition) is 9. The zero-order valence-corrected chi connectivity index (χ0v) is 20.4. The summed E-state index contributed by atoms with van der Waals surface area (Å²) in [6, 6.07) is -4.97. The molecule has 0 saturated carbocycles. The lowest BCUT2D eigenvalue weighted by Crippen LogP contribution is -2.57. The number of unbranched alkanes of at least 4 members (excludes halogenated alkanes) is 1. The van der Waals surface area contributed by atoms with Crippen molar-refractivity contribution < 1.29 is 38.7 Å². The quantitative estimate of drug-likeness (QED) is 0.0886. The molecule has 0 unspecified atom stereocenters. The van der Waals surface area contributed by atoms with Crippen molar-refractivity contribution in [3.05, 3.63) is 0 Å². The molecule has 0 aromatic rings. The first-order chi connectivity index (χ1) is 17.4. The van der Waals surface area contributed by atoms with E-state index in [1.807, 2.05) is 0 Å². The molecule has 37 heavy (non-hydrogen) atoms. The fourth-order valence-electron chi connectivity index (χ4n) is 3.74. The average Bonchev–Trinajstić information content (AvgIpc) is 3.30. The van der Waals surface area contributed by atoms with Gasteiger partial charge in [-0.3, -0.25) is 28.8 Å². The standard InChI is InChI=1S/C21H36N8O8/c22-6-2-1-4-12(21(36)37)27-19(34)13(9-16(25)31)28-20(35)14-5-3-7-29(14)17(32)10-26-18(33)11(23)8-15(24)30/h11-14H,1-10,22-23H2,(H2,24,30)(H2,25,31)(H,26,33)(H,27,34)(H,28,35)(H,36,37)/t11-,12-,13-,14-/m0/s1. The number of nitrogens with zero attached hydrogens (tertiary/aromatic N) is 1. The molecule has 1 rings (SSSR count). The molecule has 1 heterocycles. The third-order valence-corrected chi connectivity index (χ3v) is 5.65. The van der Waals surface area contributed by atoms with Crippen molar-refractivity contribution in [3.8, 4) is 0 Å². The molecule has 0 aromatic heterocycles. The molecule has 6 amide bonds. The van der Waals surface area contributed by atoms with E-state index in [-0.39, 0.29) is 19.4 Å². The van der Waals surface area contributed by atoms with Crippen molar-refractivity contribution in [3.63, 3.8) is 0 Å². The minimum Gasteiger partial charge on any atom is -0.480 e. The minimum absolute atomic E-state index is 0.0925. The van der Waals surface area contributed by atoms with E-state index in [0.717, 1.165) is 0 Å². The van der Waals surface area contributed by atoms with Crippen LogP contribution in [0.25, 0.3) is 0 Å². The van der Waals surface area contributed by atoms with Gasteiger partial charge in [-0.05, 0) is 38.6 Å². The van der Waals surface area contributed by atoms with Crippen molar-refractivity contribution >= 4 is 41.4 Å². The Kier molecular flexibility index (Phi) is 13.0. The maximum absolute atomic E-state index is 12.9. The number of rotatable bonds is 16. The van der Waals surface area contributed by atoms with Crippen LogP contribution in [0.1, 0.15) is 44.9 Å². The molecule has 1 saturated heterocycles. The second-order valence-corrected chi connectivity index (χ2v) is 8.66. The van der Waals surface area contributed by atoms with Gasteiger partial charge in [-0.2, -0.15) is 0 Å². The first-order valence-corrected chi connectivity index (χ1v) is 11.8. The second kappa shape index (κ2) is 15.4. The van der Waals surface area contributed by atoms with Crippen molar-refractivity contribution in [1.29, 1.82) is 0 Å². The first-order valence-electron chi connectivity index (χ1n) is 11.8. The zero-order valence-electron chi connectivity index (χ0n) is 20.4. The molecule has 208 valence electrons. The largest absolute Gasteiger partial charge is 0.480 e. The van der Waals surface area contributed by atoms with Crippen LogP contribution in [0.4, 0.5) is 0 Å². The van der Waals surface area contributed by atoms with Gasteiger partial charge in [0.15, 0.2) is 0 Å². The summed E-state index contributed by atoms with van der Waals surface area (Å²) < 4.78 is 0. The highest BCUT2D eigenvalue weighted by atomic mass is 16.4. The third kappa shape index (κ3) is 10.8. The van der Waals surface area contributed by atoms with Crippen LogP contribution in [-0.4, -0.2) is 95.2 Å². The Hall–Kier alpha value is -3.79. The normalized spacial score (nSPS) is 17.2. The number of aliphatic carboxylic acids is 1. The molecule has 4 atom stereocenters. The fraction of sp³-hybridized carbons (Fsp3) is 0.667. The van der Waals surface area contributed by atoms with Gasteiger partial charge in [0.2, 0.25) is 35.4 Å². The number of carboxylic acid groups (broad SMARTS) is 1. The number of likely N-dealkylation sites (tertiary alicyclic amines) is 1. The molecule has 16 heteroatoms. The van der Waals surface area contributed by atoms with E-state index in [2.05, 4.69) is 16.0 Å². The summed E-state index contributed by atoms with van der Waals surface area (Å²) in [5.74, 6) is -6.04. The van der Waals surface area contributed by atoms with Crippen LogP contribution < -0.4 is 38.9 Å². The van der Waals surface area contributed by atoms with Crippen molar-refractivity contribution in [2.24, 2.45) is 22.9 Å². The minimum atomic E-state index is -1.47. The van der Waals surface area contributed by atoms with Crippen LogP contribution in [0.15, 0.2) is 0 Å². The summed E-state index contributed by atoms with van der Waals surface area (Å²) in [7, 11) is 0. The monoisotopic (exact) mass is 528 g/mol. The summed E-state index contributed by atoms with van der Waals surface area (Å²) in [6.07, 6.45) is 0.764. The topological polar surface area (TPSA) is 283 Å². The van der Waals surface area contributed by atoms with Gasteiger partial charge >= 0.3 is 5.97 Å². The van der Waals surface area contributed by atoms with Gasteiger partial charge < -0.3 is 48.9 Å². The van der Waals surface area contributed by atoms with Crippen molar-refractivity contribution in [1.82, 2.24) is 20.9 Å². The van der Waals surface area contributed by atoms with Crippen LogP contribution >= 0.6 is 0 Å². The highest BCUT2D eigenvalue weighted by Gasteiger charge is 2.37. The van der Waals surface area contributed by atoms with Crippen LogP contribution in [0.3, 0.4) is 0 Å². The van der Waals surface area contributed by atoms with Crippen LogP contribution in [0.5, 0.6) is 0 Å². The van der Waals surface area contributed by atoms with Gasteiger partial charge in [0, 0.05) is 6.54 Å². The molecule has 1 aliphatic rings. The maximum atomic E-state index is 12.9. The van der Waals surface area contributed by atoms with E-state index in [0.29, 0.717) is 25.8 Å². The third-order valence-electron chi connectivity index (χ3n) is 5.65. The van der Waals surface area contributed by atoms with E-state index in [1.54, 1.807) is 0 Å². The molecule has 0 spiro atoms. The second-order valence-electron chi connectivity index (χ2n) is 8.66. The number of amides is 6. The molecule has 0 bridgehead atoms. The smallest absolute Gasteiger partial charge is 0.326 e. The molecular formula is C21H36N8O8. The van der Waals surface area contributed by atoms with Gasteiger partial charge in [-0.25, -0.2) is 4.79 Å².